The Morgan fingerprint density at radius 1 is 1.38 bits per heavy atom. The summed E-state index contributed by atoms with van der Waals surface area (Å²) in [6.45, 7) is 6.54. The van der Waals surface area contributed by atoms with Crippen molar-refractivity contribution < 1.29 is 8.42 Å². The number of nitrogens with zero attached hydrogens (tertiary/aromatic N) is 1. The van der Waals surface area contributed by atoms with Crippen molar-refractivity contribution >= 4 is 21.4 Å². The lowest BCUT2D eigenvalue weighted by molar-refractivity contribution is 0.379. The van der Waals surface area contributed by atoms with E-state index in [1.165, 1.54) is 11.3 Å². The number of rotatable bonds is 10. The summed E-state index contributed by atoms with van der Waals surface area (Å²) in [7, 11) is 0.561. The molecule has 1 unspecified atom stereocenters. The van der Waals surface area contributed by atoms with E-state index in [0.29, 0.717) is 4.90 Å². The van der Waals surface area contributed by atoms with Crippen LogP contribution in [-0.4, -0.2) is 46.5 Å². The first-order chi connectivity index (χ1) is 9.85. The largest absolute Gasteiger partial charge is 0.312 e. The van der Waals surface area contributed by atoms with E-state index in [9.17, 15) is 8.42 Å². The minimum absolute atomic E-state index is 0.0704. The number of hydrogen-bond donors (Lipinski definition) is 2. The fraction of sp³-hybridized carbons (Fsp3) is 0.714. The van der Waals surface area contributed by atoms with Gasteiger partial charge < -0.3 is 10.2 Å². The molecule has 122 valence electrons. The second-order valence-corrected chi connectivity index (χ2v) is 8.25. The van der Waals surface area contributed by atoms with E-state index in [1.807, 2.05) is 25.9 Å². The lowest BCUT2D eigenvalue weighted by Crippen LogP contribution is -2.34. The lowest BCUT2D eigenvalue weighted by atomic mass is 10.2. The first-order valence-corrected chi connectivity index (χ1v) is 9.66. The van der Waals surface area contributed by atoms with Gasteiger partial charge in [-0.25, -0.2) is 13.1 Å². The second kappa shape index (κ2) is 8.85. The molecule has 0 aliphatic heterocycles. The Morgan fingerprint density at radius 3 is 2.71 bits per heavy atom. The van der Waals surface area contributed by atoms with E-state index in [1.54, 1.807) is 11.4 Å². The van der Waals surface area contributed by atoms with Crippen LogP contribution in [-0.2, 0) is 16.6 Å². The van der Waals surface area contributed by atoms with E-state index >= 15 is 0 Å². The predicted molar refractivity (Wildman–Crippen MR) is 89.3 cm³/mol. The summed E-state index contributed by atoms with van der Waals surface area (Å²) in [6, 6.07) is 1.69. The van der Waals surface area contributed by atoms with Gasteiger partial charge in [-0.15, -0.1) is 11.3 Å². The molecule has 0 aliphatic carbocycles. The third-order valence-corrected chi connectivity index (χ3v) is 5.69. The molecule has 0 aliphatic rings. The highest BCUT2D eigenvalue weighted by Gasteiger charge is 2.19. The third-order valence-electron chi connectivity index (χ3n) is 3.03. The zero-order chi connectivity index (χ0) is 15.9. The van der Waals surface area contributed by atoms with Crippen LogP contribution in [0.15, 0.2) is 16.3 Å². The maximum absolute atomic E-state index is 12.3. The van der Waals surface area contributed by atoms with E-state index < -0.39 is 10.0 Å². The normalized spacial score (nSPS) is 13.8. The van der Waals surface area contributed by atoms with Crippen molar-refractivity contribution in [1.82, 2.24) is 14.9 Å². The smallest absolute Gasteiger partial charge is 0.241 e. The summed E-state index contributed by atoms with van der Waals surface area (Å²) in [4.78, 5) is 3.47. The molecule has 0 fully saturated rings. The molecule has 1 aromatic rings. The Kier molecular flexibility index (Phi) is 7.83. The van der Waals surface area contributed by atoms with E-state index in [0.717, 1.165) is 37.4 Å². The van der Waals surface area contributed by atoms with Crippen molar-refractivity contribution in [2.75, 3.05) is 27.2 Å². The summed E-state index contributed by atoms with van der Waals surface area (Å²) in [5, 5.41) is 4.99. The van der Waals surface area contributed by atoms with Crippen molar-refractivity contribution in [2.24, 2.45) is 0 Å². The summed E-state index contributed by atoms with van der Waals surface area (Å²) >= 11 is 1.48. The van der Waals surface area contributed by atoms with Gasteiger partial charge in [-0.1, -0.05) is 6.92 Å². The molecule has 0 amide bonds. The van der Waals surface area contributed by atoms with Gasteiger partial charge in [0, 0.05) is 22.8 Å². The first kappa shape index (κ1) is 18.6. The van der Waals surface area contributed by atoms with Gasteiger partial charge in [0.2, 0.25) is 10.0 Å². The van der Waals surface area contributed by atoms with Gasteiger partial charge in [0.25, 0.3) is 0 Å². The number of hydrogen-bond acceptors (Lipinski definition) is 5. The van der Waals surface area contributed by atoms with Crippen LogP contribution in [0, 0.1) is 0 Å². The molecule has 2 N–H and O–H groups in total. The SMILES string of the molecule is CCCNCc1cc(S(=O)(=O)NC(C)CCN(C)C)cs1. The van der Waals surface area contributed by atoms with Crippen molar-refractivity contribution in [3.63, 3.8) is 0 Å². The zero-order valence-electron chi connectivity index (χ0n) is 13.3. The van der Waals surface area contributed by atoms with Crippen LogP contribution in [0.2, 0.25) is 0 Å². The zero-order valence-corrected chi connectivity index (χ0v) is 15.0. The number of nitrogens with one attached hydrogen (secondary N) is 2. The topological polar surface area (TPSA) is 61.4 Å². The van der Waals surface area contributed by atoms with Crippen LogP contribution in [0.4, 0.5) is 0 Å². The van der Waals surface area contributed by atoms with Crippen LogP contribution in [0.25, 0.3) is 0 Å². The first-order valence-electron chi connectivity index (χ1n) is 7.30. The molecule has 1 heterocycles. The molecule has 7 heteroatoms. The molecule has 1 rings (SSSR count). The standard InChI is InChI=1S/C14H27N3O2S2/c1-5-7-15-10-13-9-14(11-20-13)21(18,19)16-12(2)6-8-17(3)4/h9,11-12,15-16H,5-8,10H2,1-4H3. The van der Waals surface area contributed by atoms with Crippen LogP contribution in [0.5, 0.6) is 0 Å². The van der Waals surface area contributed by atoms with Crippen molar-refractivity contribution in [3.8, 4) is 0 Å². The molecule has 0 radical (unpaired) electrons. The monoisotopic (exact) mass is 333 g/mol. The molecule has 0 bridgehead atoms. The van der Waals surface area contributed by atoms with Crippen molar-refractivity contribution in [2.45, 2.75) is 44.2 Å². The van der Waals surface area contributed by atoms with Crippen LogP contribution < -0.4 is 10.0 Å². The van der Waals surface area contributed by atoms with Crippen LogP contribution in [0.1, 0.15) is 31.6 Å². The minimum Gasteiger partial charge on any atom is -0.312 e. The van der Waals surface area contributed by atoms with Gasteiger partial charge in [-0.3, -0.25) is 0 Å². The summed E-state index contributed by atoms with van der Waals surface area (Å²) in [6.07, 6.45) is 1.86. The third kappa shape index (κ3) is 6.88. The summed E-state index contributed by atoms with van der Waals surface area (Å²) in [5.41, 5.74) is 0. The fourth-order valence-electron chi connectivity index (χ4n) is 1.83. The second-order valence-electron chi connectivity index (χ2n) is 5.54. The van der Waals surface area contributed by atoms with Gasteiger partial charge >= 0.3 is 0 Å². The average molecular weight is 334 g/mol. The highest BCUT2D eigenvalue weighted by molar-refractivity contribution is 7.89. The Hall–Kier alpha value is -0.470. The highest BCUT2D eigenvalue weighted by atomic mass is 32.2. The molecule has 0 spiro atoms. The van der Waals surface area contributed by atoms with E-state index in [2.05, 4.69) is 17.0 Å². The average Bonchev–Trinajstić information content (AvgIpc) is 2.86. The highest BCUT2D eigenvalue weighted by Crippen LogP contribution is 2.19. The Labute approximate surface area is 132 Å². The maximum atomic E-state index is 12.3. The van der Waals surface area contributed by atoms with Crippen LogP contribution >= 0.6 is 11.3 Å². The van der Waals surface area contributed by atoms with Gasteiger partial charge in [-0.2, -0.15) is 0 Å². The lowest BCUT2D eigenvalue weighted by Gasteiger charge is -2.16. The predicted octanol–water partition coefficient (Wildman–Crippen LogP) is 1.87. The fourth-order valence-corrected chi connectivity index (χ4v) is 4.35. The van der Waals surface area contributed by atoms with Gasteiger partial charge in [0.05, 0.1) is 4.90 Å². The Bertz CT molecular complexity index is 512. The minimum atomic E-state index is -3.40. The molecular weight excluding hydrogens is 306 g/mol. The Balaban J connectivity index is 2.57. The molecule has 0 aromatic carbocycles. The maximum Gasteiger partial charge on any atom is 0.241 e. The van der Waals surface area contributed by atoms with Gasteiger partial charge in [0.15, 0.2) is 0 Å². The summed E-state index contributed by atoms with van der Waals surface area (Å²) < 4.78 is 27.3. The quantitative estimate of drug-likeness (QED) is 0.642. The molecule has 21 heavy (non-hydrogen) atoms. The van der Waals surface area contributed by atoms with Crippen molar-refractivity contribution in [3.05, 3.63) is 16.3 Å². The number of thiophene rings is 1. The number of sulfonamides is 1. The van der Waals surface area contributed by atoms with Gasteiger partial charge in [-0.05, 0) is 53.0 Å². The van der Waals surface area contributed by atoms with Crippen LogP contribution in [0.3, 0.4) is 0 Å². The summed E-state index contributed by atoms with van der Waals surface area (Å²) in [5.74, 6) is 0. The molecule has 1 aromatic heterocycles. The van der Waals surface area contributed by atoms with E-state index in [-0.39, 0.29) is 6.04 Å². The molecule has 1 atom stereocenters. The van der Waals surface area contributed by atoms with Crippen molar-refractivity contribution in [1.29, 1.82) is 0 Å². The Morgan fingerprint density at radius 2 is 2.10 bits per heavy atom. The van der Waals surface area contributed by atoms with Gasteiger partial charge in [0.1, 0.15) is 0 Å². The molecular formula is C14H27N3O2S2. The molecule has 5 nitrogen and oxygen atoms in total. The molecule has 0 saturated carbocycles. The molecule has 0 saturated heterocycles. The van der Waals surface area contributed by atoms with E-state index in [4.69, 9.17) is 0 Å².